The van der Waals surface area contributed by atoms with Gasteiger partial charge in [0.25, 0.3) is 0 Å². The molecule has 0 saturated carbocycles. The summed E-state index contributed by atoms with van der Waals surface area (Å²) in [6.45, 7) is 4.04. The Morgan fingerprint density at radius 3 is 2.33 bits per heavy atom. The highest BCUT2D eigenvalue weighted by atomic mass is 32.1. The van der Waals surface area contributed by atoms with Gasteiger partial charge in [0.05, 0.1) is 14.2 Å². The van der Waals surface area contributed by atoms with Gasteiger partial charge in [-0.1, -0.05) is 0 Å². The summed E-state index contributed by atoms with van der Waals surface area (Å²) in [4.78, 5) is 14.4. The van der Waals surface area contributed by atoms with Gasteiger partial charge >= 0.3 is 5.97 Å². The van der Waals surface area contributed by atoms with Crippen molar-refractivity contribution < 1.29 is 14.3 Å². The Bertz CT molecular complexity index is 619. The highest BCUT2D eigenvalue weighted by Crippen LogP contribution is 2.30. The highest BCUT2D eigenvalue weighted by Gasteiger charge is 2.24. The molecule has 1 heterocycles. The molecule has 1 atom stereocenters. The second kappa shape index (κ2) is 6.63. The van der Waals surface area contributed by atoms with Crippen molar-refractivity contribution in [1.29, 1.82) is 0 Å². The third kappa shape index (κ3) is 3.55. The van der Waals surface area contributed by atoms with Crippen LogP contribution < -0.4 is 10.1 Å². The zero-order valence-corrected chi connectivity index (χ0v) is 13.4. The van der Waals surface area contributed by atoms with Gasteiger partial charge in [-0.15, -0.1) is 11.3 Å². The molecule has 0 fully saturated rings. The predicted octanol–water partition coefficient (Wildman–Crippen LogP) is 3.70. The van der Waals surface area contributed by atoms with Gasteiger partial charge in [-0.05, 0) is 49.7 Å². The van der Waals surface area contributed by atoms with E-state index in [1.807, 2.05) is 44.2 Å². The number of hydrogen-bond donors (Lipinski definition) is 1. The number of esters is 1. The van der Waals surface area contributed by atoms with Crippen LogP contribution in [0.25, 0.3) is 0 Å². The van der Waals surface area contributed by atoms with Gasteiger partial charge in [-0.3, -0.25) is 0 Å². The molecule has 2 aromatic rings. The first-order chi connectivity index (χ1) is 10.0. The molecule has 0 aliphatic heterocycles. The molecule has 1 N–H and O–H groups in total. The third-order valence-corrected chi connectivity index (χ3v) is 4.21. The van der Waals surface area contributed by atoms with E-state index in [1.165, 1.54) is 12.0 Å². The first-order valence-corrected chi connectivity index (χ1v) is 7.42. The van der Waals surface area contributed by atoms with Crippen LogP contribution in [0.1, 0.15) is 21.4 Å². The Labute approximate surface area is 128 Å². The van der Waals surface area contributed by atoms with Crippen molar-refractivity contribution in [2.75, 3.05) is 19.5 Å². The molecule has 0 aliphatic rings. The number of thiophene rings is 1. The second-order valence-electron chi connectivity index (χ2n) is 4.70. The summed E-state index contributed by atoms with van der Waals surface area (Å²) in [5.74, 6) is 0.476. The van der Waals surface area contributed by atoms with Crippen LogP contribution in [0.5, 0.6) is 5.75 Å². The Balaban J connectivity index is 2.28. The van der Waals surface area contributed by atoms with Crippen LogP contribution in [0.4, 0.5) is 5.69 Å². The quantitative estimate of drug-likeness (QED) is 0.856. The van der Waals surface area contributed by atoms with E-state index in [2.05, 4.69) is 5.32 Å². The molecule has 0 bridgehead atoms. The summed E-state index contributed by atoms with van der Waals surface area (Å²) >= 11 is 1.67. The lowest BCUT2D eigenvalue weighted by molar-refractivity contribution is -0.141. The molecule has 0 saturated heterocycles. The van der Waals surface area contributed by atoms with E-state index in [1.54, 1.807) is 18.4 Å². The van der Waals surface area contributed by atoms with Crippen LogP contribution in [0.15, 0.2) is 30.3 Å². The molecule has 0 radical (unpaired) electrons. The van der Waals surface area contributed by atoms with Crippen LogP contribution in [-0.4, -0.2) is 20.2 Å². The van der Waals surface area contributed by atoms with Crippen molar-refractivity contribution in [1.82, 2.24) is 0 Å². The third-order valence-electron chi connectivity index (χ3n) is 3.23. The van der Waals surface area contributed by atoms with E-state index in [0.717, 1.165) is 21.9 Å². The summed E-state index contributed by atoms with van der Waals surface area (Å²) in [6.07, 6.45) is 0. The maximum absolute atomic E-state index is 12.1. The van der Waals surface area contributed by atoms with Gasteiger partial charge in [0.1, 0.15) is 5.75 Å². The molecule has 0 aliphatic carbocycles. The van der Waals surface area contributed by atoms with Gasteiger partial charge in [-0.2, -0.15) is 0 Å². The smallest absolute Gasteiger partial charge is 0.333 e. The average molecular weight is 305 g/mol. The monoisotopic (exact) mass is 305 g/mol. The van der Waals surface area contributed by atoms with Gasteiger partial charge in [0, 0.05) is 15.4 Å². The van der Waals surface area contributed by atoms with Crippen molar-refractivity contribution in [3.05, 3.63) is 45.6 Å². The van der Waals surface area contributed by atoms with Crippen LogP contribution in [0, 0.1) is 13.8 Å². The van der Waals surface area contributed by atoms with Crippen LogP contribution in [-0.2, 0) is 9.53 Å². The van der Waals surface area contributed by atoms with Crippen molar-refractivity contribution >= 4 is 23.0 Å². The van der Waals surface area contributed by atoms with Crippen molar-refractivity contribution in [2.45, 2.75) is 19.9 Å². The summed E-state index contributed by atoms with van der Waals surface area (Å²) in [5, 5.41) is 3.23. The van der Waals surface area contributed by atoms with Gasteiger partial charge < -0.3 is 14.8 Å². The number of anilines is 1. The molecule has 1 aromatic heterocycles. The van der Waals surface area contributed by atoms with E-state index < -0.39 is 6.04 Å². The predicted molar refractivity (Wildman–Crippen MR) is 85.2 cm³/mol. The number of aryl methyl sites for hydroxylation is 2. The number of carbonyl (C=O) groups is 1. The molecular weight excluding hydrogens is 286 g/mol. The molecular formula is C16H19NO3S. The number of nitrogens with one attached hydrogen (secondary N) is 1. The SMILES string of the molecule is COC(=O)C(Nc1ccc(OC)cc1)c1cc(C)sc1C. The second-order valence-corrected chi connectivity index (χ2v) is 6.16. The lowest BCUT2D eigenvalue weighted by Gasteiger charge is -2.18. The van der Waals surface area contributed by atoms with Gasteiger partial charge in [-0.25, -0.2) is 4.79 Å². The Kier molecular flexibility index (Phi) is 4.85. The summed E-state index contributed by atoms with van der Waals surface area (Å²) in [6, 6.07) is 8.98. The summed E-state index contributed by atoms with van der Waals surface area (Å²) in [5.41, 5.74) is 1.80. The molecule has 2 rings (SSSR count). The lowest BCUT2D eigenvalue weighted by atomic mass is 10.1. The zero-order valence-electron chi connectivity index (χ0n) is 12.6. The molecule has 4 nitrogen and oxygen atoms in total. The fourth-order valence-corrected chi connectivity index (χ4v) is 3.14. The number of methoxy groups -OCH3 is 2. The Morgan fingerprint density at radius 2 is 1.86 bits per heavy atom. The van der Waals surface area contributed by atoms with Crippen LogP contribution in [0.2, 0.25) is 0 Å². The first-order valence-electron chi connectivity index (χ1n) is 6.60. The van der Waals surface area contributed by atoms with Crippen molar-refractivity contribution in [3.8, 4) is 5.75 Å². The number of ether oxygens (including phenoxy) is 2. The van der Waals surface area contributed by atoms with E-state index in [-0.39, 0.29) is 5.97 Å². The molecule has 1 aromatic carbocycles. The molecule has 112 valence electrons. The molecule has 5 heteroatoms. The molecule has 21 heavy (non-hydrogen) atoms. The molecule has 0 spiro atoms. The largest absolute Gasteiger partial charge is 0.497 e. The maximum atomic E-state index is 12.1. The number of benzene rings is 1. The van der Waals surface area contributed by atoms with Gasteiger partial charge in [0.2, 0.25) is 0 Å². The maximum Gasteiger partial charge on any atom is 0.333 e. The molecule has 0 amide bonds. The molecule has 1 unspecified atom stereocenters. The highest BCUT2D eigenvalue weighted by molar-refractivity contribution is 7.12. The average Bonchev–Trinajstić information content (AvgIpc) is 2.83. The number of carbonyl (C=O) groups excluding carboxylic acids is 1. The fourth-order valence-electron chi connectivity index (χ4n) is 2.17. The van der Waals surface area contributed by atoms with Crippen molar-refractivity contribution in [3.63, 3.8) is 0 Å². The van der Waals surface area contributed by atoms with E-state index in [0.29, 0.717) is 0 Å². The standard InChI is InChI=1S/C16H19NO3S/c1-10-9-14(11(2)21-10)15(16(18)20-4)17-12-5-7-13(19-3)8-6-12/h5-9,15,17H,1-4H3. The van der Waals surface area contributed by atoms with E-state index in [4.69, 9.17) is 9.47 Å². The van der Waals surface area contributed by atoms with Crippen LogP contribution >= 0.6 is 11.3 Å². The van der Waals surface area contributed by atoms with E-state index >= 15 is 0 Å². The summed E-state index contributed by atoms with van der Waals surface area (Å²) < 4.78 is 10.1. The zero-order chi connectivity index (χ0) is 15.4. The minimum atomic E-state index is -0.506. The van der Waals surface area contributed by atoms with Gasteiger partial charge in [0.15, 0.2) is 6.04 Å². The number of hydrogen-bond acceptors (Lipinski definition) is 5. The summed E-state index contributed by atoms with van der Waals surface area (Å²) in [7, 11) is 3.02. The topological polar surface area (TPSA) is 47.6 Å². The minimum absolute atomic E-state index is 0.299. The normalized spacial score (nSPS) is 11.8. The fraction of sp³-hybridized carbons (Fsp3) is 0.312. The lowest BCUT2D eigenvalue weighted by Crippen LogP contribution is -2.22. The van der Waals surface area contributed by atoms with E-state index in [9.17, 15) is 4.79 Å². The van der Waals surface area contributed by atoms with Crippen molar-refractivity contribution in [2.24, 2.45) is 0 Å². The first kappa shape index (κ1) is 15.4. The number of rotatable bonds is 5. The Hall–Kier alpha value is -2.01. The minimum Gasteiger partial charge on any atom is -0.497 e. The Morgan fingerprint density at radius 1 is 1.19 bits per heavy atom. The van der Waals surface area contributed by atoms with Crippen LogP contribution in [0.3, 0.4) is 0 Å².